The van der Waals surface area contributed by atoms with E-state index in [0.717, 1.165) is 59.7 Å². The molecule has 0 aliphatic carbocycles. The number of anilines is 1. The lowest BCUT2D eigenvalue weighted by Gasteiger charge is -2.28. The summed E-state index contributed by atoms with van der Waals surface area (Å²) in [6, 6.07) is 13.4. The topological polar surface area (TPSA) is 52.3 Å². The molecule has 0 bridgehead atoms. The van der Waals surface area contributed by atoms with Crippen LogP contribution in [0.2, 0.25) is 5.02 Å². The first-order valence-corrected chi connectivity index (χ1v) is 14.4. The average molecular weight is 593 g/mol. The average Bonchev–Trinajstić information content (AvgIpc) is 3.22. The van der Waals surface area contributed by atoms with E-state index in [-0.39, 0.29) is 11.6 Å². The fourth-order valence-corrected chi connectivity index (χ4v) is 5.71. The van der Waals surface area contributed by atoms with Crippen molar-refractivity contribution in [2.45, 2.75) is 13.0 Å². The van der Waals surface area contributed by atoms with Crippen LogP contribution in [-0.2, 0) is 4.74 Å². The van der Waals surface area contributed by atoms with E-state index in [0.29, 0.717) is 5.02 Å². The van der Waals surface area contributed by atoms with E-state index >= 15 is 0 Å². The van der Waals surface area contributed by atoms with Crippen LogP contribution >= 0.6 is 41.9 Å². The Morgan fingerprint density at radius 3 is 2.73 bits per heavy atom. The third-order valence-corrected chi connectivity index (χ3v) is 7.99. The Bertz CT molecular complexity index is 1370. The zero-order chi connectivity index (χ0) is 22.9. The van der Waals surface area contributed by atoms with Gasteiger partial charge in [0.25, 0.3) is 5.56 Å². The van der Waals surface area contributed by atoms with Crippen molar-refractivity contribution >= 4 is 58.6 Å². The van der Waals surface area contributed by atoms with Gasteiger partial charge in [-0.25, -0.2) is 4.98 Å². The van der Waals surface area contributed by atoms with E-state index in [1.54, 1.807) is 19.8 Å². The highest BCUT2D eigenvalue weighted by molar-refractivity contribution is 14.2. The molecule has 0 N–H and O–H groups in total. The van der Waals surface area contributed by atoms with Gasteiger partial charge in [-0.05, 0) is 42.3 Å². The summed E-state index contributed by atoms with van der Waals surface area (Å²) in [7, 11) is 1.56. The zero-order valence-electron chi connectivity index (χ0n) is 17.9. The lowest BCUT2D eigenvalue weighted by atomic mass is 10.1. The van der Waals surface area contributed by atoms with Crippen molar-refractivity contribution in [2.75, 3.05) is 31.2 Å². The van der Waals surface area contributed by atoms with Gasteiger partial charge < -0.3 is 14.2 Å². The fourth-order valence-electron chi connectivity index (χ4n) is 4.25. The molecule has 4 heterocycles. The molecule has 1 unspecified atom stereocenters. The second-order valence-corrected chi connectivity index (χ2v) is 10.1. The van der Waals surface area contributed by atoms with Gasteiger partial charge in [0, 0.05) is 77.8 Å². The van der Waals surface area contributed by atoms with Crippen molar-refractivity contribution in [2.24, 2.45) is 0 Å². The summed E-state index contributed by atoms with van der Waals surface area (Å²) < 4.78 is 9.26. The largest absolute Gasteiger partial charge is 0.378 e. The lowest BCUT2D eigenvalue weighted by Crippen LogP contribution is -2.36. The first-order chi connectivity index (χ1) is 16.0. The highest BCUT2D eigenvalue weighted by atomic mass is 127. The smallest absolute Gasteiger partial charge is 0.251 e. The predicted octanol–water partition coefficient (Wildman–Crippen LogP) is 5.81. The molecule has 33 heavy (non-hydrogen) atoms. The molecule has 1 aliphatic rings. The molecule has 9 heteroatoms. The number of fused-ring (bicyclic) bond motifs is 1. The number of benzene rings is 1. The molecule has 1 aromatic carbocycles. The van der Waals surface area contributed by atoms with Crippen LogP contribution in [0.5, 0.6) is 0 Å². The Morgan fingerprint density at radius 1 is 1.18 bits per heavy atom. The van der Waals surface area contributed by atoms with Gasteiger partial charge in [-0.3, -0.25) is 8.77 Å². The van der Waals surface area contributed by atoms with E-state index in [2.05, 4.69) is 38.4 Å². The van der Waals surface area contributed by atoms with Crippen LogP contribution in [0.25, 0.3) is 22.2 Å². The van der Waals surface area contributed by atoms with Crippen LogP contribution in [0.3, 0.4) is 0 Å². The monoisotopic (exact) mass is 592 g/mol. The van der Waals surface area contributed by atoms with Crippen molar-refractivity contribution < 1.29 is 4.74 Å². The number of pyridine rings is 2. The standard InChI is InChI=1S/C24H22ClIN4O2S/c1-16(17-3-2-4-19(25)11-17)29-6-5-18(12-23(29)31)22-15-30(33-26)24-21(22)13-20(14-27-24)28-7-9-32-10-8-28/h2-6,11-16H,7-10H2,1H3. The maximum absolute atomic E-state index is 13.1. The second kappa shape index (κ2) is 9.69. The molecule has 0 saturated carbocycles. The van der Waals surface area contributed by atoms with Crippen molar-refractivity contribution in [1.82, 2.24) is 13.5 Å². The van der Waals surface area contributed by atoms with Gasteiger partial charge in [0.05, 0.1) is 31.1 Å². The normalized spacial score (nSPS) is 15.2. The summed E-state index contributed by atoms with van der Waals surface area (Å²) in [6.07, 6.45) is 5.84. The molecule has 4 aromatic rings. The third kappa shape index (κ3) is 4.53. The highest BCUT2D eigenvalue weighted by Gasteiger charge is 2.18. The molecule has 0 radical (unpaired) electrons. The molecule has 0 spiro atoms. The summed E-state index contributed by atoms with van der Waals surface area (Å²) in [6.45, 7) is 5.14. The Kier molecular flexibility index (Phi) is 6.69. The number of halogens is 2. The number of ether oxygens (including phenoxy) is 1. The van der Waals surface area contributed by atoms with Gasteiger partial charge in [0.1, 0.15) is 0 Å². The van der Waals surface area contributed by atoms with E-state index in [1.807, 2.05) is 53.6 Å². The number of rotatable bonds is 5. The molecule has 1 aliphatic heterocycles. The van der Waals surface area contributed by atoms with Gasteiger partial charge in [-0.1, -0.05) is 23.7 Å². The maximum atomic E-state index is 13.1. The van der Waals surface area contributed by atoms with Gasteiger partial charge in [0.2, 0.25) is 0 Å². The molecule has 5 rings (SSSR count). The van der Waals surface area contributed by atoms with E-state index in [9.17, 15) is 4.79 Å². The predicted molar refractivity (Wildman–Crippen MR) is 145 cm³/mol. The summed E-state index contributed by atoms with van der Waals surface area (Å²) >= 11 is 8.41. The minimum Gasteiger partial charge on any atom is -0.378 e. The molecule has 6 nitrogen and oxygen atoms in total. The van der Waals surface area contributed by atoms with Crippen LogP contribution < -0.4 is 10.5 Å². The van der Waals surface area contributed by atoms with Crippen molar-refractivity contribution in [3.05, 3.63) is 82.0 Å². The molecule has 170 valence electrons. The fraction of sp³-hybridized carbons (Fsp3) is 0.250. The molecule has 1 fully saturated rings. The third-order valence-electron chi connectivity index (χ3n) is 6.06. The molecular formula is C24H22ClIN4O2S. The Hall–Kier alpha value is -2.01. The Balaban J connectivity index is 1.55. The lowest BCUT2D eigenvalue weighted by molar-refractivity contribution is 0.122. The second-order valence-electron chi connectivity index (χ2n) is 7.99. The number of morpholine rings is 1. The first kappa shape index (κ1) is 22.8. The van der Waals surface area contributed by atoms with E-state index < -0.39 is 0 Å². The van der Waals surface area contributed by atoms with Crippen LogP contribution in [0.4, 0.5) is 5.69 Å². The van der Waals surface area contributed by atoms with E-state index in [4.69, 9.17) is 21.3 Å². The molecule has 1 saturated heterocycles. The molecular weight excluding hydrogens is 571 g/mol. The highest BCUT2D eigenvalue weighted by Crippen LogP contribution is 2.35. The number of hydrogen-bond donors (Lipinski definition) is 0. The van der Waals surface area contributed by atoms with Crippen LogP contribution in [0.1, 0.15) is 18.5 Å². The number of aromatic nitrogens is 3. The Labute approximate surface area is 213 Å². The molecule has 0 amide bonds. The summed E-state index contributed by atoms with van der Waals surface area (Å²) in [5.74, 6) is 0. The van der Waals surface area contributed by atoms with Crippen LogP contribution in [0.15, 0.2) is 65.8 Å². The summed E-state index contributed by atoms with van der Waals surface area (Å²) in [5.41, 5.74) is 4.78. The van der Waals surface area contributed by atoms with Gasteiger partial charge in [0.15, 0.2) is 5.65 Å². The van der Waals surface area contributed by atoms with Crippen LogP contribution in [0, 0.1) is 0 Å². The molecule has 3 aromatic heterocycles. The maximum Gasteiger partial charge on any atom is 0.251 e. The zero-order valence-corrected chi connectivity index (χ0v) is 21.7. The van der Waals surface area contributed by atoms with Crippen LogP contribution in [-0.4, -0.2) is 39.8 Å². The van der Waals surface area contributed by atoms with Gasteiger partial charge >= 0.3 is 0 Å². The summed E-state index contributed by atoms with van der Waals surface area (Å²) in [5, 5.41) is 1.69. The van der Waals surface area contributed by atoms with Crippen molar-refractivity contribution in [3.63, 3.8) is 0 Å². The minimum absolute atomic E-state index is 0.0553. The Morgan fingerprint density at radius 2 is 2.00 bits per heavy atom. The SMILES string of the molecule is CC(c1cccc(Cl)c1)n1ccc(-c2cn(SI)c3ncc(N4CCOCC4)cc23)cc1=O. The van der Waals surface area contributed by atoms with Gasteiger partial charge in [-0.2, -0.15) is 0 Å². The molecule has 1 atom stereocenters. The van der Waals surface area contributed by atoms with Crippen molar-refractivity contribution in [3.8, 4) is 11.1 Å². The van der Waals surface area contributed by atoms with E-state index in [1.165, 1.54) is 0 Å². The van der Waals surface area contributed by atoms with Crippen molar-refractivity contribution in [1.29, 1.82) is 0 Å². The first-order valence-electron chi connectivity index (χ1n) is 10.7. The van der Waals surface area contributed by atoms with Gasteiger partial charge in [-0.15, -0.1) is 0 Å². The quantitative estimate of drug-likeness (QED) is 0.274. The number of nitrogens with zero attached hydrogens (tertiary/aromatic N) is 4. The minimum atomic E-state index is -0.119. The summed E-state index contributed by atoms with van der Waals surface area (Å²) in [4.78, 5) is 20.2. The number of hydrogen-bond acceptors (Lipinski definition) is 5.